The highest BCUT2D eigenvalue weighted by Crippen LogP contribution is 2.35. The molecule has 0 spiro atoms. The summed E-state index contributed by atoms with van der Waals surface area (Å²) >= 11 is 2.25. The topological polar surface area (TPSA) is 33.0 Å². The Morgan fingerprint density at radius 1 is 1.50 bits per heavy atom. The molecule has 2 nitrogen and oxygen atoms in total. The van der Waals surface area contributed by atoms with Crippen LogP contribution in [0.4, 0.5) is 0 Å². The molecular formula is C11H8INO. The number of fused-ring (bicyclic) bond motifs is 1. The average molecular weight is 297 g/mol. The van der Waals surface area contributed by atoms with E-state index in [1.165, 1.54) is 0 Å². The number of benzene rings is 1. The van der Waals surface area contributed by atoms with Gasteiger partial charge in [0.25, 0.3) is 0 Å². The quantitative estimate of drug-likeness (QED) is 0.545. The molecule has 2 rings (SSSR count). The maximum atomic E-state index is 8.64. The van der Waals surface area contributed by atoms with Crippen LogP contribution in [0.3, 0.4) is 0 Å². The van der Waals surface area contributed by atoms with Crippen molar-refractivity contribution in [2.75, 3.05) is 6.61 Å². The summed E-state index contributed by atoms with van der Waals surface area (Å²) in [5, 5.41) is 8.64. The van der Waals surface area contributed by atoms with E-state index >= 15 is 0 Å². The number of para-hydroxylation sites is 1. The van der Waals surface area contributed by atoms with Gasteiger partial charge in [0.15, 0.2) is 0 Å². The summed E-state index contributed by atoms with van der Waals surface area (Å²) < 4.78 is 6.67. The molecule has 1 aliphatic heterocycles. The third kappa shape index (κ3) is 1.62. The fraction of sp³-hybridized carbons (Fsp3) is 0.182. The molecule has 0 saturated heterocycles. The minimum atomic E-state index is 0.667. The van der Waals surface area contributed by atoms with Gasteiger partial charge in [-0.05, 0) is 34.2 Å². The summed E-state index contributed by atoms with van der Waals surface area (Å²) in [5.41, 5.74) is 2.14. The van der Waals surface area contributed by atoms with Crippen LogP contribution in [-0.2, 0) is 0 Å². The number of hydrogen-bond acceptors (Lipinski definition) is 2. The molecular weight excluding hydrogens is 289 g/mol. The van der Waals surface area contributed by atoms with E-state index in [-0.39, 0.29) is 0 Å². The van der Waals surface area contributed by atoms with Crippen molar-refractivity contribution in [2.45, 2.75) is 6.42 Å². The second-order valence-electron chi connectivity index (χ2n) is 3.01. The predicted octanol–water partition coefficient (Wildman–Crippen LogP) is 2.98. The molecule has 0 fully saturated rings. The molecule has 1 aromatic rings. The van der Waals surface area contributed by atoms with E-state index in [0.717, 1.165) is 26.9 Å². The Morgan fingerprint density at radius 2 is 2.36 bits per heavy atom. The van der Waals surface area contributed by atoms with E-state index < -0.39 is 0 Å². The first-order valence-electron chi connectivity index (χ1n) is 4.33. The molecule has 0 amide bonds. The first-order valence-corrected chi connectivity index (χ1v) is 5.41. The van der Waals surface area contributed by atoms with Crippen LogP contribution in [0.25, 0.3) is 5.57 Å². The molecule has 0 N–H and O–H groups in total. The lowest BCUT2D eigenvalue weighted by molar-refractivity contribution is 0.314. The fourth-order valence-corrected chi connectivity index (χ4v) is 2.19. The van der Waals surface area contributed by atoms with Crippen molar-refractivity contribution in [1.82, 2.24) is 0 Å². The predicted molar refractivity (Wildman–Crippen MR) is 62.9 cm³/mol. The summed E-state index contributed by atoms with van der Waals surface area (Å²) in [6, 6.07) is 8.07. The average Bonchev–Trinajstić information content (AvgIpc) is 2.20. The van der Waals surface area contributed by atoms with Crippen LogP contribution in [0.2, 0.25) is 0 Å². The maximum absolute atomic E-state index is 8.64. The molecule has 0 radical (unpaired) electrons. The van der Waals surface area contributed by atoms with Crippen LogP contribution < -0.4 is 4.74 Å². The molecule has 0 aliphatic carbocycles. The lowest BCUT2D eigenvalue weighted by atomic mass is 10.00. The molecule has 0 aromatic heterocycles. The van der Waals surface area contributed by atoms with Crippen molar-refractivity contribution >= 4 is 28.2 Å². The first-order chi connectivity index (χ1) is 6.83. The van der Waals surface area contributed by atoms with E-state index in [9.17, 15) is 0 Å². The normalized spacial score (nSPS) is 17.0. The molecule has 1 aromatic carbocycles. The highest BCUT2D eigenvalue weighted by molar-refractivity contribution is 14.1. The highest BCUT2D eigenvalue weighted by Gasteiger charge is 2.16. The first kappa shape index (κ1) is 9.53. The number of rotatable bonds is 0. The lowest BCUT2D eigenvalue weighted by Crippen LogP contribution is -2.08. The summed E-state index contributed by atoms with van der Waals surface area (Å²) in [4.78, 5) is 0. The van der Waals surface area contributed by atoms with Gasteiger partial charge in [-0.25, -0.2) is 0 Å². The van der Waals surface area contributed by atoms with Crippen LogP contribution in [-0.4, -0.2) is 6.61 Å². The van der Waals surface area contributed by atoms with Crippen molar-refractivity contribution in [3.05, 3.63) is 33.4 Å². The van der Waals surface area contributed by atoms with Gasteiger partial charge in [-0.3, -0.25) is 0 Å². The minimum Gasteiger partial charge on any atom is -0.491 e. The van der Waals surface area contributed by atoms with Gasteiger partial charge in [0.05, 0.1) is 16.2 Å². The number of allylic oxidation sites excluding steroid dienone is 1. The zero-order chi connectivity index (χ0) is 9.97. The molecule has 3 heteroatoms. The molecule has 14 heavy (non-hydrogen) atoms. The van der Waals surface area contributed by atoms with Crippen molar-refractivity contribution in [3.8, 4) is 11.8 Å². The number of ether oxygens (including phenoxy) is 1. The number of nitriles is 1. The molecule has 0 saturated carbocycles. The summed E-state index contributed by atoms with van der Waals surface area (Å²) in [6.45, 7) is 0.667. The Bertz CT molecular complexity index is 431. The zero-order valence-corrected chi connectivity index (χ0v) is 9.61. The standard InChI is InChI=1S/C11H8INO/c12-10-3-1-2-9-8(4-6-13)5-7-14-11(9)10/h1-4H,5,7H2/b8-4+. The lowest BCUT2D eigenvalue weighted by Gasteiger charge is -2.20. The van der Waals surface area contributed by atoms with Crippen LogP contribution >= 0.6 is 22.6 Å². The third-order valence-corrected chi connectivity index (χ3v) is 3.02. The van der Waals surface area contributed by atoms with Gasteiger partial charge in [-0.15, -0.1) is 0 Å². The Labute approximate surface area is 96.3 Å². The largest absolute Gasteiger partial charge is 0.491 e. The molecule has 1 aliphatic rings. The van der Waals surface area contributed by atoms with Crippen molar-refractivity contribution < 1.29 is 4.74 Å². The van der Waals surface area contributed by atoms with Gasteiger partial charge in [0, 0.05) is 18.1 Å². The monoisotopic (exact) mass is 297 g/mol. The van der Waals surface area contributed by atoms with Crippen LogP contribution in [0.5, 0.6) is 5.75 Å². The van der Waals surface area contributed by atoms with Crippen molar-refractivity contribution in [2.24, 2.45) is 0 Å². The number of halogens is 1. The molecule has 70 valence electrons. The molecule has 0 bridgehead atoms. The zero-order valence-electron chi connectivity index (χ0n) is 7.46. The van der Waals surface area contributed by atoms with Crippen LogP contribution in [0.15, 0.2) is 24.3 Å². The summed E-state index contributed by atoms with van der Waals surface area (Å²) in [5.74, 6) is 0.917. The van der Waals surface area contributed by atoms with Gasteiger partial charge in [-0.2, -0.15) is 5.26 Å². The van der Waals surface area contributed by atoms with E-state index in [1.54, 1.807) is 6.08 Å². The molecule has 1 heterocycles. The van der Waals surface area contributed by atoms with Gasteiger partial charge >= 0.3 is 0 Å². The van der Waals surface area contributed by atoms with E-state index in [2.05, 4.69) is 28.7 Å². The Kier molecular flexibility index (Phi) is 2.73. The number of hydrogen-bond donors (Lipinski definition) is 0. The fourth-order valence-electron chi connectivity index (χ4n) is 1.53. The van der Waals surface area contributed by atoms with Crippen LogP contribution in [0, 0.1) is 14.9 Å². The summed E-state index contributed by atoms with van der Waals surface area (Å²) in [6.07, 6.45) is 2.43. The maximum Gasteiger partial charge on any atom is 0.140 e. The van der Waals surface area contributed by atoms with Gasteiger partial charge in [-0.1, -0.05) is 12.1 Å². The van der Waals surface area contributed by atoms with E-state index in [1.807, 2.05) is 18.2 Å². The number of nitrogens with zero attached hydrogens (tertiary/aromatic N) is 1. The van der Waals surface area contributed by atoms with Crippen LogP contribution in [0.1, 0.15) is 12.0 Å². The Hall–Kier alpha value is -1.02. The van der Waals surface area contributed by atoms with Crippen molar-refractivity contribution in [3.63, 3.8) is 0 Å². The van der Waals surface area contributed by atoms with Gasteiger partial charge in [0.2, 0.25) is 0 Å². The Balaban J connectivity index is 2.57. The third-order valence-electron chi connectivity index (χ3n) is 2.17. The molecule has 0 unspecified atom stereocenters. The summed E-state index contributed by atoms with van der Waals surface area (Å²) in [7, 11) is 0. The highest BCUT2D eigenvalue weighted by atomic mass is 127. The van der Waals surface area contributed by atoms with Crippen molar-refractivity contribution in [1.29, 1.82) is 5.26 Å². The minimum absolute atomic E-state index is 0.667. The second kappa shape index (κ2) is 4.01. The molecule has 0 atom stereocenters. The van der Waals surface area contributed by atoms with E-state index in [4.69, 9.17) is 10.00 Å². The van der Waals surface area contributed by atoms with Gasteiger partial charge in [0.1, 0.15) is 5.75 Å². The Morgan fingerprint density at radius 3 is 3.14 bits per heavy atom. The smallest absolute Gasteiger partial charge is 0.140 e. The SMILES string of the molecule is N#C/C=C1\CCOc2c(I)cccc21. The van der Waals surface area contributed by atoms with E-state index in [0.29, 0.717) is 6.61 Å². The van der Waals surface area contributed by atoms with Gasteiger partial charge < -0.3 is 4.74 Å². The second-order valence-corrected chi connectivity index (χ2v) is 4.18.